The molecule has 2 aromatic rings. The summed E-state index contributed by atoms with van der Waals surface area (Å²) in [5, 5.41) is 0. The standard InChI is InChI=1S/C15H19N5O2/c1-9-6-12(19-15(22)18-9)14(21)20-5-3-4-11(8-20)13-16-7-10(2)17-13/h6-7,11H,3-5,8H2,1-2H3,(H,16,17)(H,18,19,22)/t11-/m0/s1. The second kappa shape index (κ2) is 5.75. The van der Waals surface area contributed by atoms with Crippen LogP contribution in [-0.2, 0) is 0 Å². The fraction of sp³-hybridized carbons (Fsp3) is 0.467. The van der Waals surface area contributed by atoms with Crippen LogP contribution in [0.25, 0.3) is 0 Å². The van der Waals surface area contributed by atoms with Crippen molar-refractivity contribution in [1.29, 1.82) is 0 Å². The van der Waals surface area contributed by atoms with E-state index in [0.29, 0.717) is 18.8 Å². The summed E-state index contributed by atoms with van der Waals surface area (Å²) in [4.78, 5) is 39.7. The topological polar surface area (TPSA) is 94.7 Å². The summed E-state index contributed by atoms with van der Waals surface area (Å²) >= 11 is 0. The Balaban J connectivity index is 1.79. The summed E-state index contributed by atoms with van der Waals surface area (Å²) in [7, 11) is 0. The fourth-order valence-corrected chi connectivity index (χ4v) is 2.88. The summed E-state index contributed by atoms with van der Waals surface area (Å²) < 4.78 is 0. The summed E-state index contributed by atoms with van der Waals surface area (Å²) in [6.07, 6.45) is 3.72. The number of likely N-dealkylation sites (tertiary alicyclic amines) is 1. The quantitative estimate of drug-likeness (QED) is 0.869. The number of imidazole rings is 1. The van der Waals surface area contributed by atoms with Crippen molar-refractivity contribution in [3.05, 3.63) is 45.7 Å². The fourth-order valence-electron chi connectivity index (χ4n) is 2.88. The van der Waals surface area contributed by atoms with Crippen LogP contribution in [-0.4, -0.2) is 43.8 Å². The van der Waals surface area contributed by atoms with Gasteiger partial charge in [0, 0.05) is 36.6 Å². The number of hydrogen-bond donors (Lipinski definition) is 2. The van der Waals surface area contributed by atoms with Gasteiger partial charge in [-0.15, -0.1) is 0 Å². The molecule has 1 saturated heterocycles. The van der Waals surface area contributed by atoms with E-state index in [4.69, 9.17) is 0 Å². The van der Waals surface area contributed by atoms with E-state index in [1.807, 2.05) is 6.92 Å². The molecule has 22 heavy (non-hydrogen) atoms. The van der Waals surface area contributed by atoms with Crippen LogP contribution in [0.5, 0.6) is 0 Å². The highest BCUT2D eigenvalue weighted by Crippen LogP contribution is 2.25. The zero-order valence-electron chi connectivity index (χ0n) is 12.7. The van der Waals surface area contributed by atoms with Crippen LogP contribution in [0.2, 0.25) is 0 Å². The number of hydrogen-bond acceptors (Lipinski definition) is 4. The van der Waals surface area contributed by atoms with E-state index in [-0.39, 0.29) is 17.5 Å². The minimum absolute atomic E-state index is 0.192. The number of nitrogens with zero attached hydrogens (tertiary/aromatic N) is 3. The first-order valence-corrected chi connectivity index (χ1v) is 7.41. The lowest BCUT2D eigenvalue weighted by Gasteiger charge is -2.31. The van der Waals surface area contributed by atoms with E-state index in [1.165, 1.54) is 0 Å². The van der Waals surface area contributed by atoms with Crippen molar-refractivity contribution >= 4 is 5.91 Å². The summed E-state index contributed by atoms with van der Waals surface area (Å²) in [6.45, 7) is 4.98. The van der Waals surface area contributed by atoms with Crippen molar-refractivity contribution in [3.8, 4) is 0 Å². The zero-order chi connectivity index (χ0) is 15.7. The number of aryl methyl sites for hydroxylation is 2. The van der Waals surface area contributed by atoms with Crippen LogP contribution in [0.4, 0.5) is 0 Å². The van der Waals surface area contributed by atoms with Crippen LogP contribution in [0.15, 0.2) is 17.1 Å². The first kappa shape index (κ1) is 14.5. The molecule has 1 aliphatic rings. The van der Waals surface area contributed by atoms with Gasteiger partial charge in [0.1, 0.15) is 11.5 Å². The molecule has 0 bridgehead atoms. The van der Waals surface area contributed by atoms with Gasteiger partial charge in [0.05, 0.1) is 0 Å². The van der Waals surface area contributed by atoms with Gasteiger partial charge in [-0.1, -0.05) is 0 Å². The Morgan fingerprint density at radius 3 is 2.82 bits per heavy atom. The molecule has 2 aromatic heterocycles. The zero-order valence-corrected chi connectivity index (χ0v) is 12.7. The van der Waals surface area contributed by atoms with Crippen LogP contribution in [0.1, 0.15) is 46.5 Å². The number of piperidine rings is 1. The maximum Gasteiger partial charge on any atom is 0.345 e. The highest BCUT2D eigenvalue weighted by Gasteiger charge is 2.27. The molecule has 0 aromatic carbocycles. The highest BCUT2D eigenvalue weighted by molar-refractivity contribution is 5.92. The number of carbonyl (C=O) groups is 1. The molecule has 7 nitrogen and oxygen atoms in total. The number of nitrogens with one attached hydrogen (secondary N) is 2. The van der Waals surface area contributed by atoms with E-state index < -0.39 is 5.69 Å². The van der Waals surface area contributed by atoms with E-state index in [1.54, 1.807) is 24.1 Å². The largest absolute Gasteiger partial charge is 0.346 e. The monoisotopic (exact) mass is 301 g/mol. The summed E-state index contributed by atoms with van der Waals surface area (Å²) in [5.41, 5.74) is 1.37. The van der Waals surface area contributed by atoms with Crippen molar-refractivity contribution in [2.24, 2.45) is 0 Å². The molecule has 1 fully saturated rings. The van der Waals surface area contributed by atoms with Crippen molar-refractivity contribution in [2.75, 3.05) is 13.1 Å². The minimum atomic E-state index is -0.487. The summed E-state index contributed by atoms with van der Waals surface area (Å²) in [5.74, 6) is 0.932. The molecule has 0 spiro atoms. The van der Waals surface area contributed by atoms with Crippen molar-refractivity contribution in [1.82, 2.24) is 24.8 Å². The molecule has 0 radical (unpaired) electrons. The lowest BCUT2D eigenvalue weighted by Crippen LogP contribution is -2.40. The molecule has 1 amide bonds. The third-order valence-corrected chi connectivity index (χ3v) is 3.92. The van der Waals surface area contributed by atoms with Crippen molar-refractivity contribution in [3.63, 3.8) is 0 Å². The molecule has 1 atom stereocenters. The van der Waals surface area contributed by atoms with E-state index in [9.17, 15) is 9.59 Å². The lowest BCUT2D eigenvalue weighted by atomic mass is 9.97. The highest BCUT2D eigenvalue weighted by atomic mass is 16.2. The molecule has 3 heterocycles. The van der Waals surface area contributed by atoms with Crippen molar-refractivity contribution < 1.29 is 4.79 Å². The van der Waals surface area contributed by atoms with Gasteiger partial charge in [0.15, 0.2) is 0 Å². The lowest BCUT2D eigenvalue weighted by molar-refractivity contribution is 0.0698. The van der Waals surface area contributed by atoms with Crippen molar-refractivity contribution in [2.45, 2.75) is 32.6 Å². The van der Waals surface area contributed by atoms with Gasteiger partial charge in [0.2, 0.25) is 0 Å². The number of carbonyl (C=O) groups excluding carboxylic acids is 1. The van der Waals surface area contributed by atoms with Gasteiger partial charge in [0.25, 0.3) is 5.91 Å². The second-order valence-corrected chi connectivity index (χ2v) is 5.80. The number of H-pyrrole nitrogens is 2. The van der Waals surface area contributed by atoms with Gasteiger partial charge in [-0.25, -0.2) is 9.78 Å². The van der Waals surface area contributed by atoms with Crippen LogP contribution in [0.3, 0.4) is 0 Å². The van der Waals surface area contributed by atoms with Crippen LogP contribution >= 0.6 is 0 Å². The van der Waals surface area contributed by atoms with Crippen LogP contribution < -0.4 is 5.69 Å². The average Bonchev–Trinajstić information content (AvgIpc) is 2.92. The number of amides is 1. The Morgan fingerprint density at radius 2 is 2.14 bits per heavy atom. The minimum Gasteiger partial charge on any atom is -0.346 e. The Labute approximate surface area is 127 Å². The number of aromatic amines is 2. The Bertz CT molecular complexity index is 748. The molecule has 0 unspecified atom stereocenters. The first-order chi connectivity index (χ1) is 10.5. The van der Waals surface area contributed by atoms with Gasteiger partial charge >= 0.3 is 5.69 Å². The molecule has 7 heteroatoms. The van der Waals surface area contributed by atoms with Gasteiger partial charge in [-0.2, -0.15) is 4.98 Å². The Kier molecular flexibility index (Phi) is 3.79. The molecule has 3 rings (SSSR count). The van der Waals surface area contributed by atoms with Crippen LogP contribution in [0, 0.1) is 13.8 Å². The predicted octanol–water partition coefficient (Wildman–Crippen LogP) is 1.13. The molecular formula is C15H19N5O2. The second-order valence-electron chi connectivity index (χ2n) is 5.80. The summed E-state index contributed by atoms with van der Waals surface area (Å²) in [6, 6.07) is 1.62. The maximum absolute atomic E-state index is 12.6. The van der Waals surface area contributed by atoms with Gasteiger partial charge in [-0.05, 0) is 32.8 Å². The average molecular weight is 301 g/mol. The normalized spacial score (nSPS) is 18.5. The molecule has 116 valence electrons. The molecule has 0 aliphatic carbocycles. The maximum atomic E-state index is 12.6. The third kappa shape index (κ3) is 2.93. The Morgan fingerprint density at radius 1 is 1.32 bits per heavy atom. The molecule has 1 aliphatic heterocycles. The predicted molar refractivity (Wildman–Crippen MR) is 80.8 cm³/mol. The van der Waals surface area contributed by atoms with Gasteiger partial charge in [-0.3, -0.25) is 4.79 Å². The molecule has 0 saturated carbocycles. The Hall–Kier alpha value is -2.44. The molecule has 2 N–H and O–H groups in total. The van der Waals surface area contributed by atoms with E-state index in [2.05, 4.69) is 19.9 Å². The molecular weight excluding hydrogens is 282 g/mol. The number of aromatic nitrogens is 4. The third-order valence-electron chi connectivity index (χ3n) is 3.92. The smallest absolute Gasteiger partial charge is 0.345 e. The van der Waals surface area contributed by atoms with E-state index >= 15 is 0 Å². The number of rotatable bonds is 2. The van der Waals surface area contributed by atoms with E-state index in [0.717, 1.165) is 24.4 Å². The first-order valence-electron chi connectivity index (χ1n) is 7.41. The van der Waals surface area contributed by atoms with Gasteiger partial charge < -0.3 is 14.9 Å². The SMILES string of the molecule is Cc1cnc([C@H]2CCCN(C(=O)c3cc(C)[nH]c(=O)n3)C2)[nH]1.